The topological polar surface area (TPSA) is 33.1 Å². The van der Waals surface area contributed by atoms with E-state index in [1.165, 1.54) is 0 Å². The van der Waals surface area contributed by atoms with E-state index in [2.05, 4.69) is 4.98 Å². The fraction of sp³-hybridized carbons (Fsp3) is 0. The molecule has 0 saturated heterocycles. The lowest BCUT2D eigenvalue weighted by Gasteiger charge is -2.01. The van der Waals surface area contributed by atoms with Gasteiger partial charge in [0.25, 0.3) is 0 Å². The van der Waals surface area contributed by atoms with Crippen molar-refractivity contribution in [3.05, 3.63) is 78.0 Å². The van der Waals surface area contributed by atoms with Gasteiger partial charge in [-0.2, -0.15) is 0 Å². The van der Waals surface area contributed by atoms with Gasteiger partial charge in [-0.05, 0) is 12.1 Å². The van der Waals surface area contributed by atoms with Crippen molar-refractivity contribution in [1.82, 2.24) is 4.98 Å². The number of hydrogen-bond donors (Lipinski definition) is 1. The standard InChI is InChI=1S/C17H13NO/c19-17(14-7-2-1-3-8-14)12-15-11-10-13-6-4-5-9-16(13)18-15/h1-12,19H. The summed E-state index contributed by atoms with van der Waals surface area (Å²) in [7, 11) is 0. The maximum atomic E-state index is 10.1. The van der Waals surface area contributed by atoms with Crippen molar-refractivity contribution >= 4 is 22.7 Å². The molecule has 0 aliphatic heterocycles. The lowest BCUT2D eigenvalue weighted by atomic mass is 10.1. The Balaban J connectivity index is 2.01. The molecular formula is C17H13NO. The van der Waals surface area contributed by atoms with E-state index in [0.29, 0.717) is 0 Å². The van der Waals surface area contributed by atoms with Crippen molar-refractivity contribution in [3.63, 3.8) is 0 Å². The first-order chi connectivity index (χ1) is 9.33. The van der Waals surface area contributed by atoms with Gasteiger partial charge >= 0.3 is 0 Å². The molecule has 0 spiro atoms. The fourth-order valence-corrected chi connectivity index (χ4v) is 1.99. The van der Waals surface area contributed by atoms with Crippen LogP contribution in [0.3, 0.4) is 0 Å². The monoisotopic (exact) mass is 247 g/mol. The lowest BCUT2D eigenvalue weighted by molar-refractivity contribution is 0.515. The number of aliphatic hydroxyl groups excluding tert-OH is 1. The third-order valence-electron chi connectivity index (χ3n) is 2.97. The summed E-state index contributed by atoms with van der Waals surface area (Å²) in [4.78, 5) is 4.50. The van der Waals surface area contributed by atoms with Crippen molar-refractivity contribution in [3.8, 4) is 0 Å². The lowest BCUT2D eigenvalue weighted by Crippen LogP contribution is -1.86. The fourth-order valence-electron chi connectivity index (χ4n) is 1.99. The summed E-state index contributed by atoms with van der Waals surface area (Å²) in [6.45, 7) is 0. The maximum Gasteiger partial charge on any atom is 0.124 e. The van der Waals surface area contributed by atoms with Crippen LogP contribution in [-0.2, 0) is 0 Å². The van der Waals surface area contributed by atoms with Gasteiger partial charge in [0.1, 0.15) is 5.76 Å². The van der Waals surface area contributed by atoms with Crippen molar-refractivity contribution < 1.29 is 5.11 Å². The molecule has 2 aromatic carbocycles. The first-order valence-electron chi connectivity index (χ1n) is 6.15. The van der Waals surface area contributed by atoms with Crippen molar-refractivity contribution in [2.45, 2.75) is 0 Å². The predicted octanol–water partition coefficient (Wildman–Crippen LogP) is 4.29. The first-order valence-corrected chi connectivity index (χ1v) is 6.15. The quantitative estimate of drug-likeness (QED) is 0.685. The number of hydrogen-bond acceptors (Lipinski definition) is 2. The number of para-hydroxylation sites is 1. The summed E-state index contributed by atoms with van der Waals surface area (Å²) in [6.07, 6.45) is 1.68. The third kappa shape index (κ3) is 2.47. The summed E-state index contributed by atoms with van der Waals surface area (Å²) in [6, 6.07) is 21.3. The predicted molar refractivity (Wildman–Crippen MR) is 78.7 cm³/mol. The molecule has 0 unspecified atom stereocenters. The van der Waals surface area contributed by atoms with Gasteiger partial charge in [0.15, 0.2) is 0 Å². The second-order valence-corrected chi connectivity index (χ2v) is 4.32. The van der Waals surface area contributed by atoms with E-state index in [4.69, 9.17) is 0 Å². The molecule has 0 saturated carbocycles. The molecule has 2 nitrogen and oxygen atoms in total. The number of nitrogens with zero attached hydrogens (tertiary/aromatic N) is 1. The average Bonchev–Trinajstić information content (AvgIpc) is 2.48. The SMILES string of the molecule is OC(=Cc1ccc2ccccc2n1)c1ccccc1. The van der Waals surface area contributed by atoms with Crippen LogP contribution in [0.15, 0.2) is 66.7 Å². The average molecular weight is 247 g/mol. The van der Waals surface area contributed by atoms with Gasteiger partial charge in [-0.15, -0.1) is 0 Å². The molecule has 0 radical (unpaired) electrons. The molecular weight excluding hydrogens is 234 g/mol. The van der Waals surface area contributed by atoms with Gasteiger partial charge in [-0.3, -0.25) is 0 Å². The van der Waals surface area contributed by atoms with Crippen LogP contribution in [0.1, 0.15) is 11.3 Å². The molecule has 0 bridgehead atoms. The summed E-state index contributed by atoms with van der Waals surface area (Å²) < 4.78 is 0. The zero-order valence-corrected chi connectivity index (χ0v) is 10.3. The molecule has 0 fully saturated rings. The maximum absolute atomic E-state index is 10.1. The second-order valence-electron chi connectivity index (χ2n) is 4.32. The molecule has 1 aromatic heterocycles. The first kappa shape index (κ1) is 11.5. The number of rotatable bonds is 2. The highest BCUT2D eigenvalue weighted by Gasteiger charge is 2.00. The molecule has 0 aliphatic carbocycles. The number of pyridine rings is 1. The Hall–Kier alpha value is -2.61. The van der Waals surface area contributed by atoms with Crippen molar-refractivity contribution in [2.75, 3.05) is 0 Å². The zero-order chi connectivity index (χ0) is 13.1. The number of aromatic nitrogens is 1. The minimum absolute atomic E-state index is 0.225. The number of benzene rings is 2. The van der Waals surface area contributed by atoms with Crippen LogP contribution in [0.25, 0.3) is 22.7 Å². The van der Waals surface area contributed by atoms with E-state index >= 15 is 0 Å². The summed E-state index contributed by atoms with van der Waals surface area (Å²) in [5, 5.41) is 11.2. The Labute approximate surface area is 111 Å². The smallest absolute Gasteiger partial charge is 0.124 e. The molecule has 19 heavy (non-hydrogen) atoms. The van der Waals surface area contributed by atoms with Gasteiger partial charge in [0.2, 0.25) is 0 Å². The van der Waals surface area contributed by atoms with Gasteiger partial charge in [0, 0.05) is 17.0 Å². The summed E-state index contributed by atoms with van der Waals surface area (Å²) >= 11 is 0. The zero-order valence-electron chi connectivity index (χ0n) is 10.3. The second kappa shape index (κ2) is 4.94. The van der Waals surface area contributed by atoms with Crippen molar-refractivity contribution in [2.24, 2.45) is 0 Å². The van der Waals surface area contributed by atoms with E-state index in [1.54, 1.807) is 6.08 Å². The van der Waals surface area contributed by atoms with Crippen LogP contribution >= 0.6 is 0 Å². The molecule has 3 rings (SSSR count). The third-order valence-corrected chi connectivity index (χ3v) is 2.97. The normalized spacial score (nSPS) is 11.7. The Morgan fingerprint density at radius 2 is 1.58 bits per heavy atom. The highest BCUT2D eigenvalue weighted by Crippen LogP contribution is 2.17. The van der Waals surface area contributed by atoms with E-state index in [9.17, 15) is 5.11 Å². The minimum Gasteiger partial charge on any atom is -0.507 e. The number of aliphatic hydroxyl groups is 1. The van der Waals surface area contributed by atoms with E-state index in [-0.39, 0.29) is 5.76 Å². The molecule has 3 aromatic rings. The minimum atomic E-state index is 0.225. The molecule has 1 heterocycles. The molecule has 92 valence electrons. The van der Waals surface area contributed by atoms with Crippen LogP contribution in [0.5, 0.6) is 0 Å². The Morgan fingerprint density at radius 1 is 0.842 bits per heavy atom. The van der Waals surface area contributed by atoms with E-state index in [0.717, 1.165) is 22.2 Å². The molecule has 0 atom stereocenters. The van der Waals surface area contributed by atoms with Gasteiger partial charge in [-0.1, -0.05) is 54.6 Å². The summed E-state index contributed by atoms with van der Waals surface area (Å²) in [5.74, 6) is 0.225. The largest absolute Gasteiger partial charge is 0.507 e. The molecule has 0 aliphatic rings. The molecule has 2 heteroatoms. The van der Waals surface area contributed by atoms with Crippen LogP contribution in [0, 0.1) is 0 Å². The van der Waals surface area contributed by atoms with Crippen LogP contribution < -0.4 is 0 Å². The van der Waals surface area contributed by atoms with Crippen LogP contribution in [0.2, 0.25) is 0 Å². The highest BCUT2D eigenvalue weighted by molar-refractivity contribution is 5.82. The van der Waals surface area contributed by atoms with Gasteiger partial charge < -0.3 is 5.11 Å². The Bertz CT molecular complexity index is 732. The van der Waals surface area contributed by atoms with Crippen molar-refractivity contribution in [1.29, 1.82) is 0 Å². The van der Waals surface area contributed by atoms with Crippen LogP contribution in [0.4, 0.5) is 0 Å². The highest BCUT2D eigenvalue weighted by atomic mass is 16.3. The molecule has 0 amide bonds. The Morgan fingerprint density at radius 3 is 2.42 bits per heavy atom. The van der Waals surface area contributed by atoms with E-state index < -0.39 is 0 Å². The van der Waals surface area contributed by atoms with Crippen LogP contribution in [-0.4, -0.2) is 10.1 Å². The Kier molecular flexibility index (Phi) is 2.99. The van der Waals surface area contributed by atoms with Gasteiger partial charge in [0.05, 0.1) is 11.2 Å². The molecule has 1 N–H and O–H groups in total. The van der Waals surface area contributed by atoms with E-state index in [1.807, 2.05) is 66.7 Å². The summed E-state index contributed by atoms with van der Waals surface area (Å²) in [5.41, 5.74) is 2.47. The number of fused-ring (bicyclic) bond motifs is 1. The van der Waals surface area contributed by atoms with Gasteiger partial charge in [-0.25, -0.2) is 4.98 Å².